The van der Waals surface area contributed by atoms with Gasteiger partial charge in [-0.05, 0) is 42.6 Å². The lowest BCUT2D eigenvalue weighted by Gasteiger charge is -2.11. The number of hydrogen-bond acceptors (Lipinski definition) is 5. The summed E-state index contributed by atoms with van der Waals surface area (Å²) in [5.41, 5.74) is 3.21. The van der Waals surface area contributed by atoms with E-state index in [0.29, 0.717) is 18.0 Å². The summed E-state index contributed by atoms with van der Waals surface area (Å²) >= 11 is 1.54. The van der Waals surface area contributed by atoms with E-state index < -0.39 is 0 Å². The van der Waals surface area contributed by atoms with Crippen LogP contribution in [0, 0.1) is 6.92 Å². The Kier molecular flexibility index (Phi) is 5.43. The quantitative estimate of drug-likeness (QED) is 0.548. The zero-order valence-corrected chi connectivity index (χ0v) is 15.3. The van der Waals surface area contributed by atoms with Crippen molar-refractivity contribution < 1.29 is 14.3 Å². The highest BCUT2D eigenvalue weighted by Gasteiger charge is 2.15. The van der Waals surface area contributed by atoms with Crippen molar-refractivity contribution in [3.63, 3.8) is 0 Å². The van der Waals surface area contributed by atoms with Crippen LogP contribution in [0.2, 0.25) is 0 Å². The molecule has 5 nitrogen and oxygen atoms in total. The van der Waals surface area contributed by atoms with Gasteiger partial charge in [-0.3, -0.25) is 14.6 Å². The molecular formula is C20H18N2O3S. The summed E-state index contributed by atoms with van der Waals surface area (Å²) in [4.78, 5) is 28.6. The van der Waals surface area contributed by atoms with Gasteiger partial charge in [0.05, 0.1) is 6.54 Å². The number of carbonyl (C=O) groups excluding carboxylic acids is 2. The maximum atomic E-state index is 12.2. The summed E-state index contributed by atoms with van der Waals surface area (Å²) in [5.74, 6) is -0.0801. The Morgan fingerprint density at radius 3 is 2.73 bits per heavy atom. The number of thiophene rings is 1. The number of amides is 1. The Morgan fingerprint density at radius 1 is 1.15 bits per heavy atom. The van der Waals surface area contributed by atoms with E-state index in [1.807, 2.05) is 30.5 Å². The largest absolute Gasteiger partial charge is 0.426 e. The number of benzene rings is 1. The molecule has 0 bridgehead atoms. The van der Waals surface area contributed by atoms with Crippen LogP contribution in [0.15, 0.2) is 54.0 Å². The summed E-state index contributed by atoms with van der Waals surface area (Å²) in [6.07, 6.45) is 1.59. The molecule has 0 saturated heterocycles. The lowest BCUT2D eigenvalue weighted by Crippen LogP contribution is -2.23. The molecule has 2 heterocycles. The second-order valence-electron chi connectivity index (χ2n) is 5.75. The van der Waals surface area contributed by atoms with E-state index in [9.17, 15) is 9.59 Å². The molecule has 0 aliphatic carbocycles. The van der Waals surface area contributed by atoms with Gasteiger partial charge in [0, 0.05) is 29.1 Å². The average Bonchev–Trinajstić information content (AvgIpc) is 3.10. The van der Waals surface area contributed by atoms with Gasteiger partial charge in [-0.25, -0.2) is 0 Å². The molecular weight excluding hydrogens is 348 g/mol. The van der Waals surface area contributed by atoms with Crippen molar-refractivity contribution in [3.05, 3.63) is 70.2 Å². The lowest BCUT2D eigenvalue weighted by atomic mass is 10.0. The molecule has 0 aliphatic rings. The van der Waals surface area contributed by atoms with Gasteiger partial charge in [-0.1, -0.05) is 17.7 Å². The predicted octanol–water partition coefficient (Wildman–Crippen LogP) is 3.97. The van der Waals surface area contributed by atoms with E-state index in [1.165, 1.54) is 18.3 Å². The average molecular weight is 366 g/mol. The molecule has 3 rings (SSSR count). The van der Waals surface area contributed by atoms with Crippen molar-refractivity contribution in [1.29, 1.82) is 0 Å². The SMILES string of the molecule is CC(=O)Oc1ccc(C)cc1-c1ccsc1CNC(=O)c1ccccn1. The zero-order valence-electron chi connectivity index (χ0n) is 14.5. The molecule has 0 saturated carbocycles. The van der Waals surface area contributed by atoms with Crippen LogP contribution < -0.4 is 10.1 Å². The van der Waals surface area contributed by atoms with Gasteiger partial charge in [-0.2, -0.15) is 0 Å². The minimum atomic E-state index is -0.365. The molecule has 0 fully saturated rings. The maximum absolute atomic E-state index is 12.2. The maximum Gasteiger partial charge on any atom is 0.308 e. The van der Waals surface area contributed by atoms with Gasteiger partial charge < -0.3 is 10.1 Å². The lowest BCUT2D eigenvalue weighted by molar-refractivity contribution is -0.131. The molecule has 1 amide bonds. The number of ether oxygens (including phenoxy) is 1. The van der Waals surface area contributed by atoms with E-state index >= 15 is 0 Å². The highest BCUT2D eigenvalue weighted by molar-refractivity contribution is 7.10. The first kappa shape index (κ1) is 17.8. The predicted molar refractivity (Wildman–Crippen MR) is 101 cm³/mol. The first-order chi connectivity index (χ1) is 12.5. The number of nitrogens with one attached hydrogen (secondary N) is 1. The summed E-state index contributed by atoms with van der Waals surface area (Å²) in [6.45, 7) is 3.73. The minimum Gasteiger partial charge on any atom is -0.426 e. The number of hydrogen-bond donors (Lipinski definition) is 1. The topological polar surface area (TPSA) is 68.3 Å². The standard InChI is InChI=1S/C20H18N2O3S/c1-13-6-7-18(25-14(2)23)16(11-13)15-8-10-26-19(15)12-22-20(24)17-5-3-4-9-21-17/h3-11H,12H2,1-2H3,(H,22,24). The van der Waals surface area contributed by atoms with E-state index in [4.69, 9.17) is 4.74 Å². The third kappa shape index (κ3) is 4.15. The molecule has 0 spiro atoms. The van der Waals surface area contributed by atoms with Crippen molar-refractivity contribution >= 4 is 23.2 Å². The summed E-state index contributed by atoms with van der Waals surface area (Å²) in [5, 5.41) is 4.84. The van der Waals surface area contributed by atoms with E-state index in [1.54, 1.807) is 30.5 Å². The molecule has 1 N–H and O–H groups in total. The van der Waals surface area contributed by atoms with Gasteiger partial charge in [-0.15, -0.1) is 11.3 Å². The molecule has 0 unspecified atom stereocenters. The number of nitrogens with zero attached hydrogens (tertiary/aromatic N) is 1. The van der Waals surface area contributed by atoms with Crippen molar-refractivity contribution in [2.75, 3.05) is 0 Å². The second kappa shape index (κ2) is 7.93. The highest BCUT2D eigenvalue weighted by Crippen LogP contribution is 2.36. The van der Waals surface area contributed by atoms with Crippen LogP contribution in [0.4, 0.5) is 0 Å². The summed E-state index contributed by atoms with van der Waals surface area (Å²) in [6, 6.07) is 12.8. The Labute approximate surface area is 155 Å². The van der Waals surface area contributed by atoms with Gasteiger partial charge in [0.2, 0.25) is 0 Å². The third-order valence-electron chi connectivity index (χ3n) is 3.73. The molecule has 2 aromatic heterocycles. The Bertz CT molecular complexity index is 935. The van der Waals surface area contributed by atoms with Crippen molar-refractivity contribution in [2.45, 2.75) is 20.4 Å². The Morgan fingerprint density at radius 2 is 2.00 bits per heavy atom. The number of esters is 1. The number of aryl methyl sites for hydroxylation is 1. The smallest absolute Gasteiger partial charge is 0.308 e. The fourth-order valence-electron chi connectivity index (χ4n) is 2.56. The molecule has 26 heavy (non-hydrogen) atoms. The molecule has 0 aliphatic heterocycles. The van der Waals surface area contributed by atoms with Gasteiger partial charge in [0.25, 0.3) is 5.91 Å². The van der Waals surface area contributed by atoms with Crippen molar-refractivity contribution in [1.82, 2.24) is 10.3 Å². The normalized spacial score (nSPS) is 10.4. The van der Waals surface area contributed by atoms with Gasteiger partial charge >= 0.3 is 5.97 Å². The third-order valence-corrected chi connectivity index (χ3v) is 4.65. The van der Waals surface area contributed by atoms with Crippen LogP contribution in [0.5, 0.6) is 5.75 Å². The van der Waals surface area contributed by atoms with Crippen LogP contribution in [-0.2, 0) is 11.3 Å². The zero-order chi connectivity index (χ0) is 18.5. The first-order valence-corrected chi connectivity index (χ1v) is 8.97. The van der Waals surface area contributed by atoms with Crippen molar-refractivity contribution in [3.8, 4) is 16.9 Å². The van der Waals surface area contributed by atoms with Crippen LogP contribution in [0.3, 0.4) is 0 Å². The van der Waals surface area contributed by atoms with Crippen molar-refractivity contribution in [2.24, 2.45) is 0 Å². The second-order valence-corrected chi connectivity index (χ2v) is 6.75. The van der Waals surface area contributed by atoms with Crippen LogP contribution >= 0.6 is 11.3 Å². The number of pyridine rings is 1. The fraction of sp³-hybridized carbons (Fsp3) is 0.150. The fourth-order valence-corrected chi connectivity index (χ4v) is 3.39. The molecule has 3 aromatic rings. The summed E-state index contributed by atoms with van der Waals surface area (Å²) in [7, 11) is 0. The number of carbonyl (C=O) groups is 2. The van der Waals surface area contributed by atoms with E-state index in [-0.39, 0.29) is 11.9 Å². The van der Waals surface area contributed by atoms with Gasteiger partial charge in [0.1, 0.15) is 11.4 Å². The molecule has 6 heteroatoms. The van der Waals surface area contributed by atoms with Crippen LogP contribution in [0.25, 0.3) is 11.1 Å². The molecule has 0 atom stereocenters. The molecule has 0 radical (unpaired) electrons. The Hall–Kier alpha value is -2.99. The van der Waals surface area contributed by atoms with Crippen LogP contribution in [0.1, 0.15) is 27.9 Å². The first-order valence-electron chi connectivity index (χ1n) is 8.09. The van der Waals surface area contributed by atoms with E-state index in [2.05, 4.69) is 10.3 Å². The molecule has 132 valence electrons. The Balaban J connectivity index is 1.84. The number of rotatable bonds is 5. The van der Waals surface area contributed by atoms with E-state index in [0.717, 1.165) is 21.6 Å². The highest BCUT2D eigenvalue weighted by atomic mass is 32.1. The minimum absolute atomic E-state index is 0.227. The van der Waals surface area contributed by atoms with Crippen LogP contribution in [-0.4, -0.2) is 16.9 Å². The number of aromatic nitrogens is 1. The monoisotopic (exact) mass is 366 g/mol. The molecule has 1 aromatic carbocycles. The van der Waals surface area contributed by atoms with Gasteiger partial charge in [0.15, 0.2) is 0 Å². The summed E-state index contributed by atoms with van der Waals surface area (Å²) < 4.78 is 5.34.